The van der Waals surface area contributed by atoms with E-state index in [1.807, 2.05) is 7.05 Å². The van der Waals surface area contributed by atoms with Crippen molar-refractivity contribution in [2.45, 2.75) is 31.7 Å². The van der Waals surface area contributed by atoms with Crippen molar-refractivity contribution in [2.24, 2.45) is 13.0 Å². The highest BCUT2D eigenvalue weighted by molar-refractivity contribution is 5.81. The van der Waals surface area contributed by atoms with Crippen molar-refractivity contribution in [1.29, 1.82) is 0 Å². The first-order valence-corrected chi connectivity index (χ1v) is 7.72. The van der Waals surface area contributed by atoms with Crippen LogP contribution in [0.15, 0.2) is 0 Å². The van der Waals surface area contributed by atoms with Crippen LogP contribution in [0.4, 0.5) is 5.95 Å². The summed E-state index contributed by atoms with van der Waals surface area (Å²) in [5.74, 6) is 1.41. The van der Waals surface area contributed by atoms with Crippen LogP contribution in [-0.4, -0.2) is 58.3 Å². The molecule has 2 saturated heterocycles. The number of carbonyl (C=O) groups excluding carboxylic acids is 1. The van der Waals surface area contributed by atoms with Gasteiger partial charge in [0, 0.05) is 26.7 Å². The van der Waals surface area contributed by atoms with Crippen LogP contribution in [0.25, 0.3) is 0 Å². The lowest BCUT2D eigenvalue weighted by Gasteiger charge is -2.32. The maximum atomic E-state index is 12.0. The quantitative estimate of drug-likeness (QED) is 0.763. The molecule has 0 saturated carbocycles. The molecule has 0 bridgehead atoms. The van der Waals surface area contributed by atoms with Gasteiger partial charge in [-0.2, -0.15) is 0 Å². The van der Waals surface area contributed by atoms with Gasteiger partial charge in [0.2, 0.25) is 11.9 Å². The Morgan fingerprint density at radius 3 is 3.05 bits per heavy atom. The molecule has 2 N–H and O–H groups in total. The molecule has 8 heteroatoms. The Morgan fingerprint density at radius 2 is 2.33 bits per heavy atom. The van der Waals surface area contributed by atoms with E-state index in [0.29, 0.717) is 5.92 Å². The number of carbonyl (C=O) groups is 1. The van der Waals surface area contributed by atoms with Gasteiger partial charge in [-0.25, -0.2) is 4.68 Å². The van der Waals surface area contributed by atoms with Gasteiger partial charge < -0.3 is 15.5 Å². The number of hydrogen-bond donors (Lipinski definition) is 2. The van der Waals surface area contributed by atoms with Gasteiger partial charge in [0.15, 0.2) is 0 Å². The standard InChI is InChI=1S/C13H23N7O/c1-19-13(16-17-18-19)20-7-3-4-10(9-20)8-15-12(21)11-5-2-6-14-11/h10-11,14H,2-9H2,1H3,(H,15,21). The Bertz CT molecular complexity index is 483. The van der Waals surface area contributed by atoms with Crippen LogP contribution in [0.5, 0.6) is 0 Å². The van der Waals surface area contributed by atoms with Crippen molar-refractivity contribution < 1.29 is 4.79 Å². The zero-order valence-corrected chi connectivity index (χ0v) is 12.5. The molecule has 3 rings (SSSR count). The van der Waals surface area contributed by atoms with Crippen LogP contribution in [0, 0.1) is 5.92 Å². The van der Waals surface area contributed by atoms with Crippen molar-refractivity contribution in [3.8, 4) is 0 Å². The Morgan fingerprint density at radius 1 is 1.43 bits per heavy atom. The number of piperidine rings is 1. The van der Waals surface area contributed by atoms with Gasteiger partial charge in [-0.3, -0.25) is 4.79 Å². The van der Waals surface area contributed by atoms with Gasteiger partial charge in [-0.15, -0.1) is 0 Å². The molecule has 0 aliphatic carbocycles. The number of anilines is 1. The molecule has 3 heterocycles. The number of aryl methyl sites for hydroxylation is 1. The summed E-state index contributed by atoms with van der Waals surface area (Å²) in [5, 5.41) is 18.0. The minimum Gasteiger partial charge on any atom is -0.354 e. The van der Waals surface area contributed by atoms with Crippen molar-refractivity contribution >= 4 is 11.9 Å². The molecule has 2 unspecified atom stereocenters. The molecule has 1 aromatic rings. The van der Waals surface area contributed by atoms with Crippen molar-refractivity contribution in [3.63, 3.8) is 0 Å². The van der Waals surface area contributed by atoms with Crippen molar-refractivity contribution in [1.82, 2.24) is 30.8 Å². The van der Waals surface area contributed by atoms with E-state index in [2.05, 4.69) is 31.1 Å². The fourth-order valence-electron chi connectivity index (χ4n) is 3.18. The van der Waals surface area contributed by atoms with E-state index in [0.717, 1.165) is 57.8 Å². The fraction of sp³-hybridized carbons (Fsp3) is 0.846. The lowest BCUT2D eigenvalue weighted by Crippen LogP contribution is -2.46. The molecule has 116 valence electrons. The highest BCUT2D eigenvalue weighted by atomic mass is 16.2. The largest absolute Gasteiger partial charge is 0.354 e. The number of amides is 1. The molecule has 1 aromatic heterocycles. The van der Waals surface area contributed by atoms with E-state index in [4.69, 9.17) is 0 Å². The first-order valence-electron chi connectivity index (χ1n) is 7.72. The Labute approximate surface area is 124 Å². The van der Waals surface area contributed by atoms with E-state index in [-0.39, 0.29) is 11.9 Å². The van der Waals surface area contributed by atoms with E-state index < -0.39 is 0 Å². The fourth-order valence-corrected chi connectivity index (χ4v) is 3.18. The third-order valence-electron chi connectivity index (χ3n) is 4.34. The summed E-state index contributed by atoms with van der Waals surface area (Å²) in [7, 11) is 1.85. The summed E-state index contributed by atoms with van der Waals surface area (Å²) in [6.45, 7) is 3.56. The number of aromatic nitrogens is 4. The second-order valence-corrected chi connectivity index (χ2v) is 5.95. The van der Waals surface area contributed by atoms with Gasteiger partial charge in [0.25, 0.3) is 0 Å². The predicted molar refractivity (Wildman–Crippen MR) is 77.8 cm³/mol. The van der Waals surface area contributed by atoms with Crippen LogP contribution >= 0.6 is 0 Å². The molecule has 1 amide bonds. The SMILES string of the molecule is Cn1nnnc1N1CCCC(CNC(=O)C2CCCN2)C1. The Hall–Kier alpha value is -1.70. The molecule has 0 radical (unpaired) electrons. The summed E-state index contributed by atoms with van der Waals surface area (Å²) < 4.78 is 1.70. The molecule has 8 nitrogen and oxygen atoms in total. The second-order valence-electron chi connectivity index (χ2n) is 5.95. The smallest absolute Gasteiger partial charge is 0.245 e. The average molecular weight is 293 g/mol. The zero-order valence-electron chi connectivity index (χ0n) is 12.5. The van der Waals surface area contributed by atoms with E-state index in [1.165, 1.54) is 0 Å². The highest BCUT2D eigenvalue weighted by Crippen LogP contribution is 2.20. The summed E-state index contributed by atoms with van der Waals surface area (Å²) in [6, 6.07) is 0.00707. The van der Waals surface area contributed by atoms with Gasteiger partial charge in [-0.05, 0) is 48.6 Å². The number of rotatable bonds is 4. The summed E-state index contributed by atoms with van der Waals surface area (Å²) >= 11 is 0. The molecule has 2 aliphatic heterocycles. The molecular weight excluding hydrogens is 270 g/mol. The monoisotopic (exact) mass is 293 g/mol. The topological polar surface area (TPSA) is 88.0 Å². The normalized spacial score (nSPS) is 26.0. The Kier molecular flexibility index (Phi) is 4.33. The molecule has 0 aromatic carbocycles. The summed E-state index contributed by atoms with van der Waals surface area (Å²) in [4.78, 5) is 14.2. The predicted octanol–water partition coefficient (Wildman–Crippen LogP) is -0.705. The van der Waals surface area contributed by atoms with Gasteiger partial charge in [-0.1, -0.05) is 5.10 Å². The minimum atomic E-state index is 0.00707. The third kappa shape index (κ3) is 3.31. The van der Waals surface area contributed by atoms with Gasteiger partial charge >= 0.3 is 0 Å². The molecular formula is C13H23N7O. The Balaban J connectivity index is 1.49. The zero-order chi connectivity index (χ0) is 14.7. The lowest BCUT2D eigenvalue weighted by molar-refractivity contribution is -0.122. The number of nitrogens with one attached hydrogen (secondary N) is 2. The minimum absolute atomic E-state index is 0.00707. The number of nitrogens with zero attached hydrogens (tertiary/aromatic N) is 5. The molecule has 2 aliphatic rings. The van der Waals surface area contributed by atoms with Crippen LogP contribution in [0.3, 0.4) is 0 Å². The maximum absolute atomic E-state index is 12.0. The third-order valence-corrected chi connectivity index (χ3v) is 4.34. The molecule has 2 atom stereocenters. The number of tetrazole rings is 1. The summed E-state index contributed by atoms with van der Waals surface area (Å²) in [6.07, 6.45) is 4.29. The first-order chi connectivity index (χ1) is 10.2. The lowest BCUT2D eigenvalue weighted by atomic mass is 9.98. The number of hydrogen-bond acceptors (Lipinski definition) is 6. The van der Waals surface area contributed by atoms with Crippen LogP contribution < -0.4 is 15.5 Å². The van der Waals surface area contributed by atoms with Crippen LogP contribution in [0.2, 0.25) is 0 Å². The van der Waals surface area contributed by atoms with Crippen molar-refractivity contribution in [2.75, 3.05) is 31.1 Å². The maximum Gasteiger partial charge on any atom is 0.245 e. The molecule has 21 heavy (non-hydrogen) atoms. The first kappa shape index (κ1) is 14.2. The molecule has 0 spiro atoms. The van der Waals surface area contributed by atoms with Crippen molar-refractivity contribution in [3.05, 3.63) is 0 Å². The highest BCUT2D eigenvalue weighted by Gasteiger charge is 2.26. The summed E-state index contributed by atoms with van der Waals surface area (Å²) in [5.41, 5.74) is 0. The van der Waals surface area contributed by atoms with Crippen LogP contribution in [0.1, 0.15) is 25.7 Å². The van der Waals surface area contributed by atoms with Gasteiger partial charge in [0.05, 0.1) is 6.04 Å². The van der Waals surface area contributed by atoms with E-state index >= 15 is 0 Å². The van der Waals surface area contributed by atoms with E-state index in [9.17, 15) is 4.79 Å². The van der Waals surface area contributed by atoms with Gasteiger partial charge in [0.1, 0.15) is 0 Å². The second kappa shape index (κ2) is 6.38. The average Bonchev–Trinajstić information content (AvgIpc) is 3.16. The molecule has 2 fully saturated rings. The van der Waals surface area contributed by atoms with Crippen LogP contribution in [-0.2, 0) is 11.8 Å². The van der Waals surface area contributed by atoms with E-state index in [1.54, 1.807) is 4.68 Å².